The van der Waals surface area contributed by atoms with Crippen molar-refractivity contribution in [1.82, 2.24) is 15.5 Å². The Morgan fingerprint density at radius 1 is 1.04 bits per heavy atom. The maximum absolute atomic E-state index is 10.7. The Hall–Kier alpha value is -3.15. The molecule has 0 aliphatic heterocycles. The third kappa shape index (κ3) is 4.73. The monoisotopic (exact) mass is 365 g/mol. The standard InChI is InChI=1S/C21H23N3O3/c1-13(2)12-15-4-6-18(7-5-15)20-23-19(24-27-20)17-10-8-16(9-11-17)14(3)22-21(25)26/h4-11,13-14,22H,12H2,1-3H3,(H,25,26)/t14-/m1/s1. The summed E-state index contributed by atoms with van der Waals surface area (Å²) in [6, 6.07) is 15.3. The second-order valence-electron chi connectivity index (χ2n) is 7.01. The molecule has 1 heterocycles. The van der Waals surface area contributed by atoms with Gasteiger partial charge in [-0.05, 0) is 42.5 Å². The Morgan fingerprint density at radius 3 is 2.26 bits per heavy atom. The van der Waals surface area contributed by atoms with Crippen LogP contribution in [-0.4, -0.2) is 21.3 Å². The first kappa shape index (κ1) is 18.6. The summed E-state index contributed by atoms with van der Waals surface area (Å²) < 4.78 is 5.41. The fourth-order valence-electron chi connectivity index (χ4n) is 2.90. The van der Waals surface area contributed by atoms with Crippen molar-refractivity contribution in [1.29, 1.82) is 0 Å². The molecule has 0 saturated heterocycles. The predicted molar refractivity (Wildman–Crippen MR) is 103 cm³/mol. The summed E-state index contributed by atoms with van der Waals surface area (Å²) in [4.78, 5) is 15.2. The third-order valence-electron chi connectivity index (χ3n) is 4.28. The van der Waals surface area contributed by atoms with Gasteiger partial charge >= 0.3 is 6.09 Å². The van der Waals surface area contributed by atoms with Crippen LogP contribution < -0.4 is 5.32 Å². The summed E-state index contributed by atoms with van der Waals surface area (Å²) >= 11 is 0. The van der Waals surface area contributed by atoms with Crippen molar-refractivity contribution in [2.75, 3.05) is 0 Å². The Morgan fingerprint density at radius 2 is 1.67 bits per heavy atom. The minimum Gasteiger partial charge on any atom is -0.465 e. The highest BCUT2D eigenvalue weighted by Crippen LogP contribution is 2.24. The Labute approximate surface area is 158 Å². The van der Waals surface area contributed by atoms with Gasteiger partial charge in [-0.2, -0.15) is 4.98 Å². The van der Waals surface area contributed by atoms with E-state index in [1.165, 1.54) is 5.56 Å². The van der Waals surface area contributed by atoms with Crippen molar-refractivity contribution in [3.8, 4) is 22.8 Å². The van der Waals surface area contributed by atoms with Gasteiger partial charge in [0, 0.05) is 11.1 Å². The Bertz CT molecular complexity index is 899. The van der Waals surface area contributed by atoms with Crippen molar-refractivity contribution in [2.24, 2.45) is 5.92 Å². The average molecular weight is 365 g/mol. The van der Waals surface area contributed by atoms with Crippen molar-refractivity contribution in [3.05, 3.63) is 59.7 Å². The van der Waals surface area contributed by atoms with Gasteiger partial charge in [-0.1, -0.05) is 55.4 Å². The van der Waals surface area contributed by atoms with E-state index in [9.17, 15) is 4.79 Å². The lowest BCUT2D eigenvalue weighted by Gasteiger charge is -2.11. The van der Waals surface area contributed by atoms with Crippen LogP contribution >= 0.6 is 0 Å². The highest BCUT2D eigenvalue weighted by atomic mass is 16.5. The molecule has 3 rings (SSSR count). The van der Waals surface area contributed by atoms with E-state index in [0.29, 0.717) is 17.6 Å². The van der Waals surface area contributed by atoms with Gasteiger partial charge in [0.1, 0.15) is 0 Å². The van der Waals surface area contributed by atoms with Crippen molar-refractivity contribution in [3.63, 3.8) is 0 Å². The molecule has 0 aliphatic rings. The fraction of sp³-hybridized carbons (Fsp3) is 0.286. The Balaban J connectivity index is 1.74. The molecule has 0 radical (unpaired) electrons. The summed E-state index contributed by atoms with van der Waals surface area (Å²) in [7, 11) is 0. The molecule has 6 nitrogen and oxygen atoms in total. The lowest BCUT2D eigenvalue weighted by Crippen LogP contribution is -2.24. The van der Waals surface area contributed by atoms with Gasteiger partial charge in [-0.3, -0.25) is 0 Å². The zero-order valence-corrected chi connectivity index (χ0v) is 15.6. The van der Waals surface area contributed by atoms with Gasteiger partial charge in [0.2, 0.25) is 5.82 Å². The van der Waals surface area contributed by atoms with E-state index in [2.05, 4.69) is 41.4 Å². The van der Waals surface area contributed by atoms with E-state index in [0.717, 1.165) is 23.1 Å². The molecule has 1 aromatic heterocycles. The first-order valence-electron chi connectivity index (χ1n) is 8.95. The maximum atomic E-state index is 10.7. The number of nitrogens with one attached hydrogen (secondary N) is 1. The number of benzene rings is 2. The average Bonchev–Trinajstić information content (AvgIpc) is 3.11. The largest absolute Gasteiger partial charge is 0.465 e. The third-order valence-corrected chi connectivity index (χ3v) is 4.28. The smallest absolute Gasteiger partial charge is 0.405 e. The van der Waals surface area contributed by atoms with Crippen molar-refractivity contribution < 1.29 is 14.4 Å². The van der Waals surface area contributed by atoms with Crippen molar-refractivity contribution in [2.45, 2.75) is 33.2 Å². The van der Waals surface area contributed by atoms with Crippen LogP contribution in [0.4, 0.5) is 4.79 Å². The fourth-order valence-corrected chi connectivity index (χ4v) is 2.90. The summed E-state index contributed by atoms with van der Waals surface area (Å²) in [5, 5.41) is 15.3. The molecule has 0 spiro atoms. The number of carboxylic acid groups (broad SMARTS) is 1. The lowest BCUT2D eigenvalue weighted by molar-refractivity contribution is 0.191. The summed E-state index contributed by atoms with van der Waals surface area (Å²) in [6.45, 7) is 6.18. The van der Waals surface area contributed by atoms with Gasteiger partial charge in [-0.15, -0.1) is 0 Å². The first-order chi connectivity index (χ1) is 12.9. The van der Waals surface area contributed by atoms with Crippen LogP contribution in [0.15, 0.2) is 53.1 Å². The van der Waals surface area contributed by atoms with E-state index in [1.807, 2.05) is 36.4 Å². The van der Waals surface area contributed by atoms with Gasteiger partial charge in [0.05, 0.1) is 6.04 Å². The molecule has 0 bridgehead atoms. The highest BCUT2D eigenvalue weighted by molar-refractivity contribution is 5.65. The van der Waals surface area contributed by atoms with Gasteiger partial charge < -0.3 is 14.9 Å². The van der Waals surface area contributed by atoms with Crippen LogP contribution in [0.5, 0.6) is 0 Å². The number of aromatic nitrogens is 2. The molecule has 6 heteroatoms. The van der Waals surface area contributed by atoms with E-state index >= 15 is 0 Å². The molecule has 1 amide bonds. The molecule has 27 heavy (non-hydrogen) atoms. The van der Waals surface area contributed by atoms with Gasteiger partial charge in [0.25, 0.3) is 5.89 Å². The van der Waals surface area contributed by atoms with E-state index in [-0.39, 0.29) is 6.04 Å². The molecule has 140 valence electrons. The van der Waals surface area contributed by atoms with E-state index in [1.54, 1.807) is 6.92 Å². The van der Waals surface area contributed by atoms with Gasteiger partial charge in [-0.25, -0.2) is 4.79 Å². The molecule has 2 aromatic carbocycles. The topological polar surface area (TPSA) is 88.2 Å². The lowest BCUT2D eigenvalue weighted by atomic mass is 10.0. The molecule has 0 fully saturated rings. The SMILES string of the molecule is CC(C)Cc1ccc(-c2nc(-c3ccc([C@@H](C)NC(=O)O)cc3)no2)cc1. The molecule has 0 aliphatic carbocycles. The number of hydrogen-bond donors (Lipinski definition) is 2. The predicted octanol–water partition coefficient (Wildman–Crippen LogP) is 4.93. The normalized spacial score (nSPS) is 12.1. The number of carbonyl (C=O) groups is 1. The van der Waals surface area contributed by atoms with E-state index < -0.39 is 6.09 Å². The molecule has 1 atom stereocenters. The Kier molecular flexibility index (Phi) is 5.54. The van der Waals surface area contributed by atoms with Crippen LogP contribution in [0.3, 0.4) is 0 Å². The van der Waals surface area contributed by atoms with Crippen LogP contribution in [0.2, 0.25) is 0 Å². The first-order valence-corrected chi connectivity index (χ1v) is 8.95. The molecular formula is C21H23N3O3. The minimum absolute atomic E-state index is 0.290. The minimum atomic E-state index is -1.05. The maximum Gasteiger partial charge on any atom is 0.405 e. The van der Waals surface area contributed by atoms with Crippen LogP contribution in [-0.2, 0) is 6.42 Å². The molecular weight excluding hydrogens is 342 g/mol. The summed E-state index contributed by atoms with van der Waals surface area (Å²) in [5.41, 5.74) is 3.85. The van der Waals surface area contributed by atoms with E-state index in [4.69, 9.17) is 9.63 Å². The molecule has 3 aromatic rings. The van der Waals surface area contributed by atoms with Crippen LogP contribution in [0, 0.1) is 5.92 Å². The zero-order valence-electron chi connectivity index (χ0n) is 15.6. The zero-order chi connectivity index (χ0) is 19.4. The van der Waals surface area contributed by atoms with Crippen LogP contribution in [0.25, 0.3) is 22.8 Å². The number of nitrogens with zero attached hydrogens (tertiary/aromatic N) is 2. The molecule has 2 N–H and O–H groups in total. The number of amides is 1. The molecule has 0 saturated carbocycles. The quantitative estimate of drug-likeness (QED) is 0.646. The number of rotatable bonds is 6. The molecule has 0 unspecified atom stereocenters. The summed E-state index contributed by atoms with van der Waals surface area (Å²) in [6.07, 6.45) is -0.00885. The van der Waals surface area contributed by atoms with Crippen LogP contribution in [0.1, 0.15) is 37.9 Å². The number of hydrogen-bond acceptors (Lipinski definition) is 4. The second kappa shape index (κ2) is 8.03. The van der Waals surface area contributed by atoms with Gasteiger partial charge in [0.15, 0.2) is 0 Å². The second-order valence-corrected chi connectivity index (χ2v) is 7.01. The van der Waals surface area contributed by atoms with Crippen molar-refractivity contribution >= 4 is 6.09 Å². The highest BCUT2D eigenvalue weighted by Gasteiger charge is 2.12. The summed E-state index contributed by atoms with van der Waals surface area (Å²) in [5.74, 6) is 1.59.